The van der Waals surface area contributed by atoms with Gasteiger partial charge in [0.1, 0.15) is 0 Å². The number of aromatic nitrogens is 2. The zero-order valence-electron chi connectivity index (χ0n) is 15.2. The Morgan fingerprint density at radius 2 is 1.81 bits per heavy atom. The van der Waals surface area contributed by atoms with Crippen molar-refractivity contribution in [1.29, 1.82) is 0 Å². The van der Waals surface area contributed by atoms with Gasteiger partial charge in [-0.2, -0.15) is 9.78 Å². The molecule has 0 atom stereocenters. The summed E-state index contributed by atoms with van der Waals surface area (Å²) in [5.41, 5.74) is -0.125. The first-order valence-electron chi connectivity index (χ1n) is 8.33. The van der Waals surface area contributed by atoms with Gasteiger partial charge in [-0.1, -0.05) is 23.7 Å². The Hall–Kier alpha value is -2.39. The van der Waals surface area contributed by atoms with Gasteiger partial charge in [0.15, 0.2) is 0 Å². The number of carbonyl (C=O) groups is 2. The first-order valence-corrected chi connectivity index (χ1v) is 10.2. The Bertz CT molecular complexity index is 951. The van der Waals surface area contributed by atoms with Crippen LogP contribution in [0, 0.1) is 0 Å². The van der Waals surface area contributed by atoms with Crippen molar-refractivity contribution >= 4 is 33.4 Å². The number of hydrogen-bond acceptors (Lipinski definition) is 6. The number of sulfone groups is 1. The highest BCUT2D eigenvalue weighted by molar-refractivity contribution is 7.91. The fourth-order valence-corrected chi connectivity index (χ4v) is 4.29. The SMILES string of the molecule is CCOC(=O)c1ccccc1S(=O)(=O)c1nn(C(=O)N(CC)CC)cc1Cl. The topological polar surface area (TPSA) is 98.6 Å². The van der Waals surface area contributed by atoms with Crippen molar-refractivity contribution in [2.45, 2.75) is 30.7 Å². The predicted octanol–water partition coefficient (Wildman–Crippen LogP) is 2.86. The van der Waals surface area contributed by atoms with Crippen LogP contribution in [0.3, 0.4) is 0 Å². The molecule has 0 saturated heterocycles. The third-order valence-electron chi connectivity index (χ3n) is 3.79. The number of esters is 1. The molecule has 8 nitrogen and oxygen atoms in total. The molecule has 0 aliphatic carbocycles. The lowest BCUT2D eigenvalue weighted by Gasteiger charge is -2.17. The Morgan fingerprint density at radius 3 is 2.41 bits per heavy atom. The summed E-state index contributed by atoms with van der Waals surface area (Å²) < 4.78 is 31.9. The zero-order valence-corrected chi connectivity index (χ0v) is 16.7. The molecule has 0 unspecified atom stereocenters. The average Bonchev–Trinajstić information content (AvgIpc) is 3.05. The van der Waals surface area contributed by atoms with Crippen LogP contribution >= 0.6 is 11.6 Å². The van der Waals surface area contributed by atoms with E-state index in [2.05, 4.69) is 5.10 Å². The highest BCUT2D eigenvalue weighted by Crippen LogP contribution is 2.29. The van der Waals surface area contributed by atoms with E-state index < -0.39 is 26.9 Å². The molecule has 0 fully saturated rings. The molecule has 2 rings (SSSR count). The van der Waals surface area contributed by atoms with Crippen LogP contribution in [0.15, 0.2) is 40.4 Å². The first kappa shape index (κ1) is 20.9. The lowest BCUT2D eigenvalue weighted by molar-refractivity contribution is 0.0522. The van der Waals surface area contributed by atoms with E-state index in [1.165, 1.54) is 29.2 Å². The highest BCUT2D eigenvalue weighted by Gasteiger charge is 2.31. The number of benzene rings is 1. The molecule has 0 aliphatic rings. The van der Waals surface area contributed by atoms with Gasteiger partial charge in [0.25, 0.3) is 0 Å². The van der Waals surface area contributed by atoms with Gasteiger partial charge in [0.2, 0.25) is 14.9 Å². The second-order valence-electron chi connectivity index (χ2n) is 5.40. The van der Waals surface area contributed by atoms with Gasteiger partial charge >= 0.3 is 12.0 Å². The molecule has 0 saturated carbocycles. The van der Waals surface area contributed by atoms with E-state index in [-0.39, 0.29) is 22.1 Å². The minimum absolute atomic E-state index is 0.0982. The summed E-state index contributed by atoms with van der Waals surface area (Å²) in [4.78, 5) is 25.7. The Kier molecular flexibility index (Phi) is 6.61. The van der Waals surface area contributed by atoms with E-state index in [1.54, 1.807) is 20.8 Å². The molecule has 146 valence electrons. The molecule has 2 aromatic rings. The van der Waals surface area contributed by atoms with Gasteiger partial charge in [-0.25, -0.2) is 18.0 Å². The zero-order chi connectivity index (χ0) is 20.2. The maximum absolute atomic E-state index is 13.0. The molecule has 1 aromatic heterocycles. The van der Waals surface area contributed by atoms with Gasteiger partial charge in [-0.05, 0) is 32.9 Å². The fourth-order valence-electron chi connectivity index (χ4n) is 2.44. The van der Waals surface area contributed by atoms with Crippen LogP contribution in [0.4, 0.5) is 4.79 Å². The van der Waals surface area contributed by atoms with Crippen molar-refractivity contribution in [3.05, 3.63) is 41.0 Å². The number of halogens is 1. The van der Waals surface area contributed by atoms with Gasteiger partial charge in [-0.3, -0.25) is 0 Å². The third-order valence-corrected chi connectivity index (χ3v) is 5.93. The van der Waals surface area contributed by atoms with Crippen LogP contribution in [0.5, 0.6) is 0 Å². The number of hydrogen-bond donors (Lipinski definition) is 0. The maximum atomic E-state index is 13.0. The number of nitrogens with zero attached hydrogens (tertiary/aromatic N) is 3. The molecule has 10 heteroatoms. The molecule has 0 N–H and O–H groups in total. The standard InChI is InChI=1S/C17H20ClN3O5S/c1-4-20(5-2)17(23)21-11-13(18)15(19-21)27(24,25)14-10-8-7-9-12(14)16(22)26-6-3/h7-11H,4-6H2,1-3H3. The quantitative estimate of drug-likeness (QED) is 0.675. The van der Waals surface area contributed by atoms with Crippen LogP contribution < -0.4 is 0 Å². The summed E-state index contributed by atoms with van der Waals surface area (Å²) in [6.07, 6.45) is 1.14. The summed E-state index contributed by atoms with van der Waals surface area (Å²) in [5.74, 6) is -0.772. The summed E-state index contributed by atoms with van der Waals surface area (Å²) >= 11 is 6.06. The predicted molar refractivity (Wildman–Crippen MR) is 98.8 cm³/mol. The second-order valence-corrected chi connectivity index (χ2v) is 7.64. The highest BCUT2D eigenvalue weighted by atomic mass is 35.5. The van der Waals surface area contributed by atoms with Crippen molar-refractivity contribution in [3.63, 3.8) is 0 Å². The Morgan fingerprint density at radius 1 is 1.19 bits per heavy atom. The molecule has 0 aliphatic heterocycles. The normalized spacial score (nSPS) is 11.3. The van der Waals surface area contributed by atoms with E-state index >= 15 is 0 Å². The third kappa shape index (κ3) is 4.14. The first-order chi connectivity index (χ1) is 12.8. The van der Waals surface area contributed by atoms with E-state index in [0.717, 1.165) is 10.9 Å². The molecular formula is C17H20ClN3O5S. The summed E-state index contributed by atoms with van der Waals surface area (Å²) in [7, 11) is -4.25. The van der Waals surface area contributed by atoms with Crippen LogP contribution in [0.1, 0.15) is 31.1 Å². The van der Waals surface area contributed by atoms with E-state index in [0.29, 0.717) is 13.1 Å². The van der Waals surface area contributed by atoms with Gasteiger partial charge < -0.3 is 9.64 Å². The van der Waals surface area contributed by atoms with Crippen molar-refractivity contribution in [1.82, 2.24) is 14.7 Å². The van der Waals surface area contributed by atoms with E-state index in [4.69, 9.17) is 16.3 Å². The lowest BCUT2D eigenvalue weighted by Crippen LogP contribution is -2.34. The van der Waals surface area contributed by atoms with Gasteiger partial charge in [0, 0.05) is 13.1 Å². The molecule has 1 amide bonds. The second kappa shape index (κ2) is 8.53. The average molecular weight is 414 g/mol. The van der Waals surface area contributed by atoms with Crippen LogP contribution in [-0.4, -0.2) is 54.8 Å². The molecule has 0 radical (unpaired) electrons. The van der Waals surface area contributed by atoms with Gasteiger partial charge in [-0.15, -0.1) is 0 Å². The Labute approximate surface area is 162 Å². The van der Waals surface area contributed by atoms with E-state index in [9.17, 15) is 18.0 Å². The minimum Gasteiger partial charge on any atom is -0.462 e. The number of ether oxygens (including phenoxy) is 1. The van der Waals surface area contributed by atoms with Gasteiger partial charge in [0.05, 0.1) is 28.3 Å². The smallest absolute Gasteiger partial charge is 0.344 e. The summed E-state index contributed by atoms with van der Waals surface area (Å²) in [6, 6.07) is 5.11. The van der Waals surface area contributed by atoms with E-state index in [1.807, 2.05) is 0 Å². The number of amides is 1. The van der Waals surface area contributed by atoms with Crippen LogP contribution in [-0.2, 0) is 14.6 Å². The summed E-state index contributed by atoms with van der Waals surface area (Å²) in [5, 5.41) is 3.16. The van der Waals surface area contributed by atoms with Crippen molar-refractivity contribution in [2.24, 2.45) is 0 Å². The van der Waals surface area contributed by atoms with Crippen LogP contribution in [0.25, 0.3) is 0 Å². The molecule has 0 bridgehead atoms. The maximum Gasteiger partial charge on any atom is 0.344 e. The summed E-state index contributed by atoms with van der Waals surface area (Å²) in [6.45, 7) is 6.16. The fraction of sp³-hybridized carbons (Fsp3) is 0.353. The Balaban J connectivity index is 2.53. The largest absolute Gasteiger partial charge is 0.462 e. The molecule has 27 heavy (non-hydrogen) atoms. The van der Waals surface area contributed by atoms with Crippen molar-refractivity contribution in [2.75, 3.05) is 19.7 Å². The molecule has 1 aromatic carbocycles. The number of carbonyl (C=O) groups excluding carboxylic acids is 2. The monoisotopic (exact) mass is 413 g/mol. The minimum atomic E-state index is -4.25. The molecule has 1 heterocycles. The van der Waals surface area contributed by atoms with Crippen molar-refractivity contribution in [3.8, 4) is 0 Å². The molecule has 0 spiro atoms. The molecular weight excluding hydrogens is 394 g/mol. The lowest BCUT2D eigenvalue weighted by atomic mass is 10.2. The van der Waals surface area contributed by atoms with Crippen LogP contribution in [0.2, 0.25) is 5.02 Å². The number of rotatable bonds is 6. The van der Waals surface area contributed by atoms with Crippen molar-refractivity contribution < 1.29 is 22.7 Å².